The lowest BCUT2D eigenvalue weighted by atomic mass is 10.3. The van der Waals surface area contributed by atoms with E-state index < -0.39 is 0 Å². The van der Waals surface area contributed by atoms with Crippen LogP contribution in [0, 0.1) is 0 Å². The molecule has 106 valence electrons. The summed E-state index contributed by atoms with van der Waals surface area (Å²) in [6, 6.07) is 0.0759. The largest absolute Gasteiger partial charge is 0.379 e. The lowest BCUT2D eigenvalue weighted by Crippen LogP contribution is -2.45. The lowest BCUT2D eigenvalue weighted by molar-refractivity contribution is 0.0386. The van der Waals surface area contributed by atoms with Crippen molar-refractivity contribution in [3.05, 3.63) is 0 Å². The van der Waals surface area contributed by atoms with Gasteiger partial charge in [0.25, 0.3) is 0 Å². The van der Waals surface area contributed by atoms with Crippen molar-refractivity contribution in [3.8, 4) is 0 Å². The zero-order valence-corrected chi connectivity index (χ0v) is 11.8. The number of rotatable bonds is 7. The number of hydrogen-bond acceptors (Lipinski definition) is 3. The van der Waals surface area contributed by atoms with E-state index in [0.29, 0.717) is 0 Å². The highest BCUT2D eigenvalue weighted by Crippen LogP contribution is 1.97. The van der Waals surface area contributed by atoms with Gasteiger partial charge in [-0.15, -0.1) is 0 Å². The molecule has 1 fully saturated rings. The van der Waals surface area contributed by atoms with Crippen molar-refractivity contribution in [1.82, 2.24) is 15.1 Å². The Bertz CT molecular complexity index is 224. The summed E-state index contributed by atoms with van der Waals surface area (Å²) < 4.78 is 5.29. The van der Waals surface area contributed by atoms with Gasteiger partial charge in [-0.25, -0.2) is 4.79 Å². The number of urea groups is 1. The second-order valence-corrected chi connectivity index (χ2v) is 4.67. The second-order valence-electron chi connectivity index (χ2n) is 4.67. The monoisotopic (exact) mass is 257 g/mol. The van der Waals surface area contributed by atoms with Gasteiger partial charge in [-0.3, -0.25) is 4.90 Å². The first-order valence-electron chi connectivity index (χ1n) is 7.10. The molecule has 1 N–H and O–H groups in total. The van der Waals surface area contributed by atoms with Crippen molar-refractivity contribution in [3.63, 3.8) is 0 Å². The van der Waals surface area contributed by atoms with E-state index in [9.17, 15) is 4.79 Å². The van der Waals surface area contributed by atoms with Gasteiger partial charge in [-0.05, 0) is 12.8 Å². The fraction of sp³-hybridized carbons (Fsp3) is 0.923. The van der Waals surface area contributed by atoms with Crippen molar-refractivity contribution in [2.24, 2.45) is 0 Å². The van der Waals surface area contributed by atoms with Crippen LogP contribution in [-0.2, 0) is 4.74 Å². The number of hydrogen-bond donors (Lipinski definition) is 1. The Morgan fingerprint density at radius 2 is 1.83 bits per heavy atom. The van der Waals surface area contributed by atoms with E-state index in [1.165, 1.54) is 0 Å². The Morgan fingerprint density at radius 1 is 1.22 bits per heavy atom. The van der Waals surface area contributed by atoms with Crippen molar-refractivity contribution in [2.45, 2.75) is 26.7 Å². The van der Waals surface area contributed by atoms with Crippen molar-refractivity contribution >= 4 is 6.03 Å². The van der Waals surface area contributed by atoms with Crippen LogP contribution in [0.2, 0.25) is 0 Å². The van der Waals surface area contributed by atoms with Crippen LogP contribution in [0.25, 0.3) is 0 Å². The quantitative estimate of drug-likeness (QED) is 0.744. The number of morpholine rings is 1. The Hall–Kier alpha value is -0.810. The summed E-state index contributed by atoms with van der Waals surface area (Å²) in [5.74, 6) is 0. The van der Waals surface area contributed by atoms with Crippen molar-refractivity contribution in [1.29, 1.82) is 0 Å². The maximum atomic E-state index is 11.9. The molecule has 5 heteroatoms. The molecule has 18 heavy (non-hydrogen) atoms. The minimum absolute atomic E-state index is 0.0759. The summed E-state index contributed by atoms with van der Waals surface area (Å²) in [7, 11) is 0. The molecule has 0 aliphatic carbocycles. The maximum Gasteiger partial charge on any atom is 0.317 e. The zero-order chi connectivity index (χ0) is 13.2. The summed E-state index contributed by atoms with van der Waals surface area (Å²) in [6.07, 6.45) is 2.02. The standard InChI is InChI=1S/C13H27N3O2/c1-3-6-16(7-4-2)13(17)14-5-8-15-9-11-18-12-10-15/h3-12H2,1-2H3,(H,14,17). The first kappa shape index (κ1) is 15.2. The van der Waals surface area contributed by atoms with E-state index in [1.54, 1.807) is 0 Å². The number of ether oxygens (including phenoxy) is 1. The highest BCUT2D eigenvalue weighted by atomic mass is 16.5. The number of carbonyl (C=O) groups is 1. The van der Waals surface area contributed by atoms with E-state index in [-0.39, 0.29) is 6.03 Å². The van der Waals surface area contributed by atoms with Gasteiger partial charge >= 0.3 is 6.03 Å². The van der Waals surface area contributed by atoms with Crippen LogP contribution in [-0.4, -0.2) is 68.3 Å². The van der Waals surface area contributed by atoms with Gasteiger partial charge in [0, 0.05) is 39.3 Å². The molecule has 0 atom stereocenters. The predicted octanol–water partition coefficient (Wildman–Crippen LogP) is 1.15. The number of nitrogens with one attached hydrogen (secondary N) is 1. The average molecular weight is 257 g/mol. The number of nitrogens with zero attached hydrogens (tertiary/aromatic N) is 2. The first-order chi connectivity index (χ1) is 8.77. The van der Waals surface area contributed by atoms with Gasteiger partial charge in [0.2, 0.25) is 0 Å². The van der Waals surface area contributed by atoms with E-state index in [2.05, 4.69) is 24.1 Å². The van der Waals surface area contributed by atoms with Crippen LogP contribution >= 0.6 is 0 Å². The fourth-order valence-corrected chi connectivity index (χ4v) is 2.11. The molecule has 1 saturated heterocycles. The van der Waals surface area contributed by atoms with E-state index >= 15 is 0 Å². The first-order valence-corrected chi connectivity index (χ1v) is 7.10. The lowest BCUT2D eigenvalue weighted by Gasteiger charge is -2.27. The summed E-state index contributed by atoms with van der Waals surface area (Å²) in [5.41, 5.74) is 0. The Labute approximate surface area is 110 Å². The van der Waals surface area contributed by atoms with Crippen LogP contribution in [0.4, 0.5) is 4.79 Å². The van der Waals surface area contributed by atoms with E-state index in [0.717, 1.165) is 65.3 Å². The Morgan fingerprint density at radius 3 is 2.39 bits per heavy atom. The molecule has 1 heterocycles. The minimum atomic E-state index is 0.0759. The molecule has 0 aromatic heterocycles. The van der Waals surface area contributed by atoms with Crippen LogP contribution in [0.1, 0.15) is 26.7 Å². The third kappa shape index (κ3) is 5.69. The van der Waals surface area contributed by atoms with Gasteiger partial charge in [0.1, 0.15) is 0 Å². The Kier molecular flexibility index (Phi) is 7.76. The van der Waals surface area contributed by atoms with Crippen LogP contribution in [0.5, 0.6) is 0 Å². The summed E-state index contributed by atoms with van der Waals surface area (Å²) in [4.78, 5) is 16.2. The molecule has 1 rings (SSSR count). The SMILES string of the molecule is CCCN(CCC)C(=O)NCCN1CCOCC1. The van der Waals surface area contributed by atoms with E-state index in [4.69, 9.17) is 4.74 Å². The molecule has 1 aliphatic rings. The van der Waals surface area contributed by atoms with Crippen molar-refractivity contribution < 1.29 is 9.53 Å². The molecule has 0 radical (unpaired) electrons. The molecule has 0 spiro atoms. The van der Waals surface area contributed by atoms with Crippen molar-refractivity contribution in [2.75, 3.05) is 52.5 Å². The summed E-state index contributed by atoms with van der Waals surface area (Å²) in [6.45, 7) is 11.1. The third-order valence-electron chi connectivity index (χ3n) is 3.08. The minimum Gasteiger partial charge on any atom is -0.379 e. The summed E-state index contributed by atoms with van der Waals surface area (Å²) in [5, 5.41) is 3.00. The summed E-state index contributed by atoms with van der Waals surface area (Å²) >= 11 is 0. The molecule has 0 bridgehead atoms. The van der Waals surface area contributed by atoms with E-state index in [1.807, 2.05) is 4.90 Å². The van der Waals surface area contributed by atoms with Gasteiger partial charge < -0.3 is 15.0 Å². The topological polar surface area (TPSA) is 44.8 Å². The Balaban J connectivity index is 2.17. The zero-order valence-electron chi connectivity index (χ0n) is 11.8. The van der Waals surface area contributed by atoms with Crippen LogP contribution < -0.4 is 5.32 Å². The molecule has 0 aromatic carbocycles. The van der Waals surface area contributed by atoms with Gasteiger partial charge in [0.05, 0.1) is 13.2 Å². The number of carbonyl (C=O) groups excluding carboxylic acids is 1. The molecule has 0 saturated carbocycles. The van der Waals surface area contributed by atoms with Gasteiger partial charge in [-0.1, -0.05) is 13.8 Å². The highest BCUT2D eigenvalue weighted by molar-refractivity contribution is 5.74. The molecular weight excluding hydrogens is 230 g/mol. The van der Waals surface area contributed by atoms with Gasteiger partial charge in [0.15, 0.2) is 0 Å². The fourth-order valence-electron chi connectivity index (χ4n) is 2.11. The molecule has 1 aliphatic heterocycles. The van der Waals surface area contributed by atoms with Gasteiger partial charge in [-0.2, -0.15) is 0 Å². The van der Waals surface area contributed by atoms with Crippen LogP contribution in [0.15, 0.2) is 0 Å². The second kappa shape index (κ2) is 9.16. The molecule has 5 nitrogen and oxygen atoms in total. The third-order valence-corrected chi connectivity index (χ3v) is 3.08. The van der Waals surface area contributed by atoms with Crippen LogP contribution in [0.3, 0.4) is 0 Å². The molecular formula is C13H27N3O2. The maximum absolute atomic E-state index is 11.9. The molecule has 0 unspecified atom stereocenters. The number of amides is 2. The highest BCUT2D eigenvalue weighted by Gasteiger charge is 2.13. The smallest absolute Gasteiger partial charge is 0.317 e. The molecule has 0 aromatic rings. The normalized spacial score (nSPS) is 16.6. The predicted molar refractivity (Wildman–Crippen MR) is 72.8 cm³/mol. The molecule has 2 amide bonds. The average Bonchev–Trinajstić information content (AvgIpc) is 2.39.